The van der Waals surface area contributed by atoms with Gasteiger partial charge in [0.2, 0.25) is 0 Å². The molecule has 1 heterocycles. The molecule has 186 valence electrons. The number of carbonyl (C=O) groups excluding carboxylic acids is 1. The zero-order valence-electron chi connectivity index (χ0n) is 20.6. The lowest BCUT2D eigenvalue weighted by molar-refractivity contribution is 0.0793. The molecule has 8 heteroatoms. The highest BCUT2D eigenvalue weighted by atomic mass is 16.5. The largest absolute Gasteiger partial charge is 0.488 e. The predicted octanol–water partition coefficient (Wildman–Crippen LogP) is 4.40. The summed E-state index contributed by atoms with van der Waals surface area (Å²) in [5, 5.41) is 13.8. The van der Waals surface area contributed by atoms with Crippen LogP contribution in [0.5, 0.6) is 17.2 Å². The molecule has 0 bridgehead atoms. The maximum atomic E-state index is 12.6. The summed E-state index contributed by atoms with van der Waals surface area (Å²) in [5.74, 6) is 1.96. The van der Waals surface area contributed by atoms with Gasteiger partial charge < -0.3 is 29.7 Å². The molecule has 1 atom stereocenters. The summed E-state index contributed by atoms with van der Waals surface area (Å²) in [5.41, 5.74) is 1.89. The van der Waals surface area contributed by atoms with E-state index in [9.17, 15) is 4.79 Å². The molecule has 0 aromatic heterocycles. The van der Waals surface area contributed by atoms with Crippen molar-refractivity contribution in [3.8, 4) is 17.2 Å². The van der Waals surface area contributed by atoms with Crippen molar-refractivity contribution in [3.05, 3.63) is 72.4 Å². The minimum atomic E-state index is -0.169. The van der Waals surface area contributed by atoms with Crippen molar-refractivity contribution in [1.29, 1.82) is 5.41 Å². The minimum absolute atomic E-state index is 0.0519. The van der Waals surface area contributed by atoms with Crippen molar-refractivity contribution in [2.75, 3.05) is 33.9 Å². The van der Waals surface area contributed by atoms with Gasteiger partial charge in [0.1, 0.15) is 29.2 Å². The molecule has 1 aliphatic heterocycles. The van der Waals surface area contributed by atoms with Gasteiger partial charge in [0.05, 0.1) is 6.61 Å². The van der Waals surface area contributed by atoms with Gasteiger partial charge >= 0.3 is 0 Å². The molecule has 8 nitrogen and oxygen atoms in total. The second-order valence-electron chi connectivity index (χ2n) is 8.34. The zero-order chi connectivity index (χ0) is 25.2. The van der Waals surface area contributed by atoms with Crippen LogP contribution in [0.25, 0.3) is 5.70 Å². The number of methoxy groups -OCH3 is 1. The SMILES string of the molecule is C=C(NC(=N)/C=C\NC)c1cc(Oc2ccc(C(=O)N3CCCC3)cc2)cc(O[C@@H](C)COC)c1. The van der Waals surface area contributed by atoms with Crippen LogP contribution in [0.2, 0.25) is 0 Å². The van der Waals surface area contributed by atoms with E-state index < -0.39 is 0 Å². The highest BCUT2D eigenvalue weighted by Gasteiger charge is 2.19. The Hall–Kier alpha value is -3.78. The summed E-state index contributed by atoms with van der Waals surface area (Å²) in [6.45, 7) is 8.04. The van der Waals surface area contributed by atoms with Crippen LogP contribution in [0.4, 0.5) is 0 Å². The van der Waals surface area contributed by atoms with Crippen LogP contribution < -0.4 is 20.1 Å². The number of nitrogens with one attached hydrogen (secondary N) is 3. The number of amidine groups is 1. The fourth-order valence-electron chi connectivity index (χ4n) is 3.72. The molecule has 1 aliphatic rings. The Balaban J connectivity index is 1.79. The second-order valence-corrected chi connectivity index (χ2v) is 8.34. The molecule has 3 N–H and O–H groups in total. The summed E-state index contributed by atoms with van der Waals surface area (Å²) in [6, 6.07) is 12.6. The highest BCUT2D eigenvalue weighted by Crippen LogP contribution is 2.30. The van der Waals surface area contributed by atoms with Crippen molar-refractivity contribution >= 4 is 17.4 Å². The normalized spacial score (nSPS) is 14.0. The van der Waals surface area contributed by atoms with Crippen molar-refractivity contribution in [3.63, 3.8) is 0 Å². The van der Waals surface area contributed by atoms with Crippen molar-refractivity contribution in [1.82, 2.24) is 15.5 Å². The van der Waals surface area contributed by atoms with E-state index in [1.165, 1.54) is 0 Å². The predicted molar refractivity (Wildman–Crippen MR) is 138 cm³/mol. The first-order valence-corrected chi connectivity index (χ1v) is 11.7. The molecule has 1 saturated heterocycles. The standard InChI is InChI=1S/C27H34N4O4/c1-19(18-33-4)34-24-15-22(20(2)30-26(28)11-12-29-3)16-25(17-24)35-23-9-7-21(8-10-23)27(32)31-13-5-6-14-31/h7-12,15-17,19,29H,2,5-6,13-14,18H2,1,3-4H3,(H2,28,30)/b12-11-/t19-/m0/s1. The Morgan fingerprint density at radius 3 is 2.46 bits per heavy atom. The maximum Gasteiger partial charge on any atom is 0.253 e. The van der Waals surface area contributed by atoms with E-state index >= 15 is 0 Å². The average molecular weight is 479 g/mol. The third-order valence-electron chi connectivity index (χ3n) is 5.40. The summed E-state index contributed by atoms with van der Waals surface area (Å²) < 4.78 is 17.3. The van der Waals surface area contributed by atoms with Crippen LogP contribution in [0.1, 0.15) is 35.7 Å². The van der Waals surface area contributed by atoms with E-state index in [1.807, 2.05) is 24.0 Å². The van der Waals surface area contributed by atoms with E-state index in [4.69, 9.17) is 19.6 Å². The topological polar surface area (TPSA) is 95.9 Å². The number of rotatable bonds is 11. The van der Waals surface area contributed by atoms with Crippen molar-refractivity contribution < 1.29 is 19.0 Å². The lowest BCUT2D eigenvalue weighted by atomic mass is 10.1. The van der Waals surface area contributed by atoms with Gasteiger partial charge in [0, 0.05) is 50.1 Å². The lowest BCUT2D eigenvalue weighted by Crippen LogP contribution is -2.27. The Kier molecular flexibility index (Phi) is 9.31. The first-order chi connectivity index (χ1) is 16.9. The van der Waals surface area contributed by atoms with Crippen LogP contribution in [0.15, 0.2) is 61.3 Å². The summed E-state index contributed by atoms with van der Waals surface area (Å²) in [7, 11) is 3.39. The minimum Gasteiger partial charge on any atom is -0.488 e. The molecule has 1 fully saturated rings. The molecule has 0 radical (unpaired) electrons. The van der Waals surface area contributed by atoms with Gasteiger partial charge in [0.25, 0.3) is 5.91 Å². The third kappa shape index (κ3) is 7.61. The number of carbonyl (C=O) groups is 1. The smallest absolute Gasteiger partial charge is 0.253 e. The van der Waals surface area contributed by atoms with E-state index in [2.05, 4.69) is 17.2 Å². The van der Waals surface area contributed by atoms with E-state index in [0.29, 0.717) is 40.7 Å². The molecule has 1 amide bonds. The van der Waals surface area contributed by atoms with Crippen molar-refractivity contribution in [2.45, 2.75) is 25.9 Å². The summed E-state index contributed by atoms with van der Waals surface area (Å²) >= 11 is 0. The number of hydrogen-bond donors (Lipinski definition) is 3. The molecule has 0 unspecified atom stereocenters. The van der Waals surface area contributed by atoms with Crippen LogP contribution in [-0.4, -0.2) is 56.6 Å². The fraction of sp³-hybridized carbons (Fsp3) is 0.333. The monoisotopic (exact) mass is 478 g/mol. The quantitative estimate of drug-likeness (QED) is 0.327. The van der Waals surface area contributed by atoms with Gasteiger partial charge in [-0.2, -0.15) is 0 Å². The highest BCUT2D eigenvalue weighted by molar-refractivity contribution is 5.96. The second kappa shape index (κ2) is 12.6. The van der Waals surface area contributed by atoms with Crippen LogP contribution in [-0.2, 0) is 4.74 Å². The number of likely N-dealkylation sites (tertiary alicyclic amines) is 1. The van der Waals surface area contributed by atoms with Gasteiger partial charge in [-0.3, -0.25) is 10.2 Å². The molecule has 3 rings (SSSR count). The van der Waals surface area contributed by atoms with Crippen LogP contribution >= 0.6 is 0 Å². The molecule has 2 aromatic carbocycles. The number of amides is 1. The summed E-state index contributed by atoms with van der Waals surface area (Å²) in [4.78, 5) is 14.5. The maximum absolute atomic E-state index is 12.6. The third-order valence-corrected chi connectivity index (χ3v) is 5.40. The number of ether oxygens (including phenoxy) is 3. The molecule has 2 aromatic rings. The number of hydrogen-bond acceptors (Lipinski definition) is 6. The first-order valence-electron chi connectivity index (χ1n) is 11.7. The Morgan fingerprint density at radius 1 is 1.11 bits per heavy atom. The van der Waals surface area contributed by atoms with Crippen LogP contribution in [0, 0.1) is 5.41 Å². The van der Waals surface area contributed by atoms with Gasteiger partial charge in [-0.15, -0.1) is 0 Å². The van der Waals surface area contributed by atoms with Crippen molar-refractivity contribution in [2.24, 2.45) is 0 Å². The lowest BCUT2D eigenvalue weighted by Gasteiger charge is -2.18. The van der Waals surface area contributed by atoms with Crippen LogP contribution in [0.3, 0.4) is 0 Å². The Bertz CT molecular complexity index is 1060. The zero-order valence-corrected chi connectivity index (χ0v) is 20.6. The molecule has 35 heavy (non-hydrogen) atoms. The average Bonchev–Trinajstić information content (AvgIpc) is 3.38. The molecular formula is C27H34N4O4. The van der Waals surface area contributed by atoms with E-state index in [1.54, 1.807) is 56.8 Å². The number of benzene rings is 2. The molecular weight excluding hydrogens is 444 g/mol. The summed E-state index contributed by atoms with van der Waals surface area (Å²) in [6.07, 6.45) is 5.19. The Morgan fingerprint density at radius 2 is 1.80 bits per heavy atom. The van der Waals surface area contributed by atoms with Gasteiger partial charge in [-0.1, -0.05) is 6.58 Å². The molecule has 0 saturated carbocycles. The van der Waals surface area contributed by atoms with E-state index in [0.717, 1.165) is 25.9 Å². The van der Waals surface area contributed by atoms with Gasteiger partial charge in [0.15, 0.2) is 0 Å². The van der Waals surface area contributed by atoms with Gasteiger partial charge in [-0.25, -0.2) is 0 Å². The van der Waals surface area contributed by atoms with E-state index in [-0.39, 0.29) is 17.8 Å². The van der Waals surface area contributed by atoms with Gasteiger partial charge in [-0.05, 0) is 68.4 Å². The molecule has 0 spiro atoms. The molecule has 0 aliphatic carbocycles. The Labute approximate surface area is 207 Å². The first kappa shape index (κ1) is 25.8. The number of nitrogens with zero attached hydrogens (tertiary/aromatic N) is 1. The fourth-order valence-corrected chi connectivity index (χ4v) is 3.72.